The van der Waals surface area contributed by atoms with Gasteiger partial charge in [-0.2, -0.15) is 0 Å². The van der Waals surface area contributed by atoms with Gasteiger partial charge in [-0.3, -0.25) is 9.98 Å². The van der Waals surface area contributed by atoms with Gasteiger partial charge in [0.15, 0.2) is 0 Å². The fourth-order valence-corrected chi connectivity index (χ4v) is 4.65. The molecular formula is C30H35N5O3. The lowest BCUT2D eigenvalue weighted by Gasteiger charge is -2.39. The van der Waals surface area contributed by atoms with E-state index in [2.05, 4.69) is 66.4 Å². The van der Waals surface area contributed by atoms with E-state index in [9.17, 15) is 0 Å². The lowest BCUT2D eigenvalue weighted by molar-refractivity contribution is 0.120. The molecule has 0 amide bonds. The van der Waals surface area contributed by atoms with Gasteiger partial charge in [-0.1, -0.05) is 31.2 Å². The van der Waals surface area contributed by atoms with Crippen molar-refractivity contribution in [1.29, 1.82) is 0 Å². The van der Waals surface area contributed by atoms with Crippen LogP contribution in [-0.4, -0.2) is 68.7 Å². The molecular weight excluding hydrogens is 478 g/mol. The van der Waals surface area contributed by atoms with Crippen LogP contribution in [0.1, 0.15) is 25.3 Å². The zero-order valence-corrected chi connectivity index (χ0v) is 22.8. The number of fused-ring (bicyclic) bond motifs is 1. The van der Waals surface area contributed by atoms with Crippen LogP contribution in [0.3, 0.4) is 0 Å². The Hall–Kier alpha value is -3.84. The lowest BCUT2D eigenvalue weighted by Crippen LogP contribution is -2.42. The van der Waals surface area contributed by atoms with Crippen molar-refractivity contribution < 1.29 is 14.2 Å². The summed E-state index contributed by atoms with van der Waals surface area (Å²) in [6, 6.07) is 11.8. The lowest BCUT2D eigenvalue weighted by atomic mass is 9.91. The molecule has 8 heteroatoms. The van der Waals surface area contributed by atoms with E-state index in [1.807, 2.05) is 12.1 Å². The Morgan fingerprint density at radius 1 is 1.13 bits per heavy atom. The van der Waals surface area contributed by atoms with E-state index in [4.69, 9.17) is 29.2 Å². The van der Waals surface area contributed by atoms with Crippen LogP contribution < -0.4 is 9.64 Å². The van der Waals surface area contributed by atoms with Crippen molar-refractivity contribution in [3.8, 4) is 5.88 Å². The Bertz CT molecular complexity index is 1310. The molecule has 38 heavy (non-hydrogen) atoms. The molecule has 8 nitrogen and oxygen atoms in total. The van der Waals surface area contributed by atoms with E-state index < -0.39 is 0 Å². The molecule has 0 radical (unpaired) electrons. The number of methoxy groups -OCH3 is 3. The average molecular weight is 514 g/mol. The van der Waals surface area contributed by atoms with Crippen LogP contribution in [-0.2, 0) is 9.47 Å². The zero-order chi connectivity index (χ0) is 27.1. The SMILES string of the molecule is C=C=C1C(CC)=NC2CC(=Nc3cccnc3OC)C(=NC(COC)COC)C=C2N1c1ccc(C)cc1. The molecule has 1 aromatic heterocycles. The molecule has 1 unspecified atom stereocenters. The van der Waals surface area contributed by atoms with Gasteiger partial charge in [-0.25, -0.2) is 9.98 Å². The Kier molecular flexibility index (Phi) is 9.02. The maximum Gasteiger partial charge on any atom is 0.239 e. The first-order valence-electron chi connectivity index (χ1n) is 12.7. The van der Waals surface area contributed by atoms with E-state index in [1.54, 1.807) is 27.5 Å². The topological polar surface area (TPSA) is 80.9 Å². The third-order valence-electron chi connectivity index (χ3n) is 6.41. The minimum Gasteiger partial charge on any atom is -0.479 e. The average Bonchev–Trinajstić information content (AvgIpc) is 2.93. The summed E-state index contributed by atoms with van der Waals surface area (Å²) in [5, 5.41) is 0. The molecule has 1 aliphatic carbocycles. The molecule has 4 rings (SSSR count). The van der Waals surface area contributed by atoms with Crippen molar-refractivity contribution >= 4 is 28.5 Å². The molecule has 1 aromatic carbocycles. The van der Waals surface area contributed by atoms with Gasteiger partial charge < -0.3 is 19.1 Å². The molecule has 0 N–H and O–H groups in total. The molecule has 0 bridgehead atoms. The Morgan fingerprint density at radius 3 is 2.50 bits per heavy atom. The number of ether oxygens (including phenoxy) is 3. The highest BCUT2D eigenvalue weighted by Gasteiger charge is 2.36. The van der Waals surface area contributed by atoms with Crippen LogP contribution in [0.5, 0.6) is 5.88 Å². The first-order chi connectivity index (χ1) is 18.5. The van der Waals surface area contributed by atoms with Gasteiger partial charge in [0.2, 0.25) is 5.88 Å². The normalized spacial score (nSPS) is 19.4. The van der Waals surface area contributed by atoms with E-state index >= 15 is 0 Å². The van der Waals surface area contributed by atoms with Gasteiger partial charge in [-0.15, -0.1) is 5.73 Å². The van der Waals surface area contributed by atoms with Gasteiger partial charge in [0.05, 0.1) is 55.2 Å². The Morgan fingerprint density at radius 2 is 1.87 bits per heavy atom. The number of aryl methyl sites for hydroxylation is 1. The maximum atomic E-state index is 5.47. The van der Waals surface area contributed by atoms with E-state index in [1.165, 1.54) is 5.56 Å². The minimum atomic E-state index is -0.199. The highest BCUT2D eigenvalue weighted by molar-refractivity contribution is 6.48. The second kappa shape index (κ2) is 12.6. The summed E-state index contributed by atoms with van der Waals surface area (Å²) >= 11 is 0. The summed E-state index contributed by atoms with van der Waals surface area (Å²) in [6.45, 7) is 9.03. The van der Waals surface area contributed by atoms with Gasteiger partial charge in [0, 0.05) is 32.5 Å². The molecule has 1 aliphatic heterocycles. The molecule has 2 aliphatic rings. The quantitative estimate of drug-likeness (QED) is 0.427. The summed E-state index contributed by atoms with van der Waals surface area (Å²) in [6.07, 6.45) is 5.08. The molecule has 2 heterocycles. The van der Waals surface area contributed by atoms with Gasteiger partial charge in [0.1, 0.15) is 11.4 Å². The molecule has 0 spiro atoms. The summed E-state index contributed by atoms with van der Waals surface area (Å²) in [4.78, 5) is 21.7. The number of hydrogen-bond acceptors (Lipinski definition) is 8. The first kappa shape index (κ1) is 27.2. The van der Waals surface area contributed by atoms with Crippen molar-refractivity contribution in [2.75, 3.05) is 39.4 Å². The standard InChI is InChI=1S/C30H35N5O3/c1-7-23-28(8-2)35(22-13-11-20(3)12-14-22)29-17-26(32-21(18-36-4)19-37-5)25(16-27(29)33-23)34-24-10-9-15-31-30(24)38-6/h9-15,17,21,27H,2,7,16,18-19H2,1,3-6H3. The van der Waals surface area contributed by atoms with Crippen LogP contribution in [0.4, 0.5) is 11.4 Å². The Labute approximate surface area is 224 Å². The monoisotopic (exact) mass is 513 g/mol. The number of aliphatic imine (C=N–C) groups is 3. The number of pyridine rings is 1. The van der Waals surface area contributed by atoms with Gasteiger partial charge in [-0.05, 0) is 43.7 Å². The van der Waals surface area contributed by atoms with Gasteiger partial charge >= 0.3 is 0 Å². The second-order valence-electron chi connectivity index (χ2n) is 9.08. The number of allylic oxidation sites excluding steroid dienone is 2. The number of nitrogens with zero attached hydrogens (tertiary/aromatic N) is 5. The highest BCUT2D eigenvalue weighted by Crippen LogP contribution is 2.37. The van der Waals surface area contributed by atoms with Crippen molar-refractivity contribution in [3.63, 3.8) is 0 Å². The highest BCUT2D eigenvalue weighted by atomic mass is 16.5. The molecule has 2 aromatic rings. The maximum absolute atomic E-state index is 5.47. The summed E-state index contributed by atoms with van der Waals surface area (Å²) in [5.41, 5.74) is 10.4. The fraction of sp³-hybridized carbons (Fsp3) is 0.367. The number of anilines is 1. The predicted octanol–water partition coefficient (Wildman–Crippen LogP) is 5.27. The van der Waals surface area contributed by atoms with Crippen molar-refractivity contribution in [2.45, 2.75) is 38.8 Å². The van der Waals surface area contributed by atoms with Crippen LogP contribution in [0.25, 0.3) is 0 Å². The summed E-state index contributed by atoms with van der Waals surface area (Å²) < 4.78 is 16.3. The minimum absolute atomic E-state index is 0.146. The number of aromatic nitrogens is 1. The van der Waals surface area contributed by atoms with E-state index in [0.717, 1.165) is 40.6 Å². The van der Waals surface area contributed by atoms with Crippen LogP contribution in [0.2, 0.25) is 0 Å². The second-order valence-corrected chi connectivity index (χ2v) is 9.08. The number of hydrogen-bond donors (Lipinski definition) is 0. The van der Waals surface area contributed by atoms with Crippen molar-refractivity contribution in [1.82, 2.24) is 4.98 Å². The van der Waals surface area contributed by atoms with Gasteiger partial charge in [0.25, 0.3) is 0 Å². The van der Waals surface area contributed by atoms with Crippen LogP contribution in [0.15, 0.2) is 87.4 Å². The molecule has 198 valence electrons. The van der Waals surface area contributed by atoms with Crippen LogP contribution in [0, 0.1) is 6.92 Å². The zero-order valence-electron chi connectivity index (χ0n) is 22.8. The van der Waals surface area contributed by atoms with Crippen LogP contribution >= 0.6 is 0 Å². The number of rotatable bonds is 9. The third-order valence-corrected chi connectivity index (χ3v) is 6.41. The largest absolute Gasteiger partial charge is 0.479 e. The third kappa shape index (κ3) is 5.83. The van der Waals surface area contributed by atoms with Crippen molar-refractivity contribution in [2.24, 2.45) is 15.0 Å². The van der Waals surface area contributed by atoms with E-state index in [0.29, 0.717) is 31.2 Å². The molecule has 0 saturated carbocycles. The number of benzene rings is 1. The molecule has 0 saturated heterocycles. The molecule has 0 fully saturated rings. The molecule has 1 atom stereocenters. The van der Waals surface area contributed by atoms with Crippen molar-refractivity contribution in [3.05, 3.63) is 77.9 Å². The Balaban J connectivity index is 1.92. The predicted molar refractivity (Wildman–Crippen MR) is 153 cm³/mol. The summed E-state index contributed by atoms with van der Waals surface area (Å²) in [7, 11) is 4.92. The van der Waals surface area contributed by atoms with E-state index in [-0.39, 0.29) is 12.1 Å². The summed E-state index contributed by atoms with van der Waals surface area (Å²) in [5.74, 6) is 0.457. The smallest absolute Gasteiger partial charge is 0.239 e. The first-order valence-corrected chi connectivity index (χ1v) is 12.7. The fourth-order valence-electron chi connectivity index (χ4n) is 4.65.